The first-order valence-electron chi connectivity index (χ1n) is 22.3. The summed E-state index contributed by atoms with van der Waals surface area (Å²) in [5.74, 6) is -7.54. The molecular weight excluding hydrogens is 875 g/mol. The topological polar surface area (TPSA) is 257 Å². The Morgan fingerprint density at radius 1 is 0.925 bits per heavy atom. The maximum absolute atomic E-state index is 15.2. The molecule has 4 N–H and O–H groups in total. The number of aliphatic hydroxyl groups excluding tert-OH is 2. The Bertz CT molecular complexity index is 2270. The number of nitrogens with one attached hydrogen (secondary N) is 1. The largest absolute Gasteiger partial charge is 0.455 e. The number of Topliss-reactive ketones (excluding diaryl/α,β-unsaturated/α-hetero) is 1. The Morgan fingerprint density at radius 2 is 1.55 bits per heavy atom. The van der Waals surface area contributed by atoms with Crippen LogP contribution in [0.4, 0.5) is 4.79 Å². The lowest BCUT2D eigenvalue weighted by Crippen LogP contribution is -2.81. The number of esters is 5. The first-order valence-corrected chi connectivity index (χ1v) is 22.3. The summed E-state index contributed by atoms with van der Waals surface area (Å²) in [6.07, 6.45) is -11.7. The molecule has 1 aliphatic heterocycles. The van der Waals surface area contributed by atoms with Gasteiger partial charge in [-0.2, -0.15) is 0 Å². The van der Waals surface area contributed by atoms with Crippen LogP contribution in [0, 0.1) is 16.7 Å². The molecule has 18 nitrogen and oxygen atoms in total. The molecule has 3 fully saturated rings. The normalized spacial score (nSPS) is 30.5. The minimum Gasteiger partial charge on any atom is -0.455 e. The standard InChI is InChI=1S/C49H61NO17/c1-10-17-33(53)61-24-34(54)64-38(36(28-18-13-11-14-19-28)50-44(59)67-45(4,5)6)43(58)63-30-23-49(60)41(65-42(57)29-20-15-12-16-21-29)39-47(9,40(56)37(55)35(26(30)2)46(49,7)8)31(52)22-32-48(39,25-62-32)66-27(3)51/h11-16,18-21,30-32,36-39,41,52,55,60H,10,17,22-25H2,1-9H3,(H,50,59)/t30-,31-,32+,36-,37+,38+,39-,41-,47+,48-,49+/m0/s1. The van der Waals surface area contributed by atoms with Crippen LogP contribution in [-0.4, -0.2) is 124 Å². The molecule has 0 aromatic heterocycles. The molecule has 2 saturated carbocycles. The van der Waals surface area contributed by atoms with Gasteiger partial charge in [-0.15, -0.1) is 0 Å². The Morgan fingerprint density at radius 3 is 2.12 bits per heavy atom. The number of ketones is 1. The molecule has 2 bridgehead atoms. The molecular formula is C49H61NO17. The van der Waals surface area contributed by atoms with Gasteiger partial charge in [0.1, 0.15) is 41.7 Å². The maximum atomic E-state index is 15.2. The average molecular weight is 936 g/mol. The van der Waals surface area contributed by atoms with Crippen LogP contribution in [0.2, 0.25) is 0 Å². The molecule has 6 rings (SSSR count). The number of hydrogen-bond acceptors (Lipinski definition) is 17. The highest BCUT2D eigenvalue weighted by molar-refractivity contribution is 5.94. The maximum Gasteiger partial charge on any atom is 0.408 e. The summed E-state index contributed by atoms with van der Waals surface area (Å²) in [6.45, 7) is 12.3. The molecule has 67 heavy (non-hydrogen) atoms. The summed E-state index contributed by atoms with van der Waals surface area (Å²) < 4.78 is 40.8. The van der Waals surface area contributed by atoms with Crippen LogP contribution in [0.5, 0.6) is 0 Å². The first kappa shape index (κ1) is 50.7. The summed E-state index contributed by atoms with van der Waals surface area (Å²) in [4.78, 5) is 96.5. The molecule has 2 aromatic carbocycles. The van der Waals surface area contributed by atoms with E-state index in [2.05, 4.69) is 5.32 Å². The highest BCUT2D eigenvalue weighted by Crippen LogP contribution is 2.64. The predicted molar refractivity (Wildman–Crippen MR) is 233 cm³/mol. The molecule has 18 heteroatoms. The fourth-order valence-corrected chi connectivity index (χ4v) is 10.3. The van der Waals surface area contributed by atoms with Gasteiger partial charge in [0.05, 0.1) is 29.6 Å². The van der Waals surface area contributed by atoms with Gasteiger partial charge in [-0.3, -0.25) is 14.4 Å². The smallest absolute Gasteiger partial charge is 0.408 e. The third-order valence-electron chi connectivity index (χ3n) is 13.6. The Kier molecular flexibility index (Phi) is 14.5. The van der Waals surface area contributed by atoms with Crippen LogP contribution in [0.1, 0.15) is 110 Å². The summed E-state index contributed by atoms with van der Waals surface area (Å²) >= 11 is 0. The lowest BCUT2D eigenvalue weighted by Gasteiger charge is -2.67. The summed E-state index contributed by atoms with van der Waals surface area (Å²) in [7, 11) is 0. The fraction of sp³-hybridized carbons (Fsp3) is 0.571. The lowest BCUT2D eigenvalue weighted by atomic mass is 9.44. The minimum absolute atomic E-state index is 0.00880. The van der Waals surface area contributed by atoms with Crippen LogP contribution in [0.25, 0.3) is 0 Å². The average Bonchev–Trinajstić information content (AvgIpc) is 3.25. The number of alkyl carbamates (subject to hydrolysis) is 1. The zero-order chi connectivity index (χ0) is 49.4. The number of carbonyl (C=O) groups excluding carboxylic acids is 7. The van der Waals surface area contributed by atoms with Crippen molar-refractivity contribution in [1.82, 2.24) is 5.32 Å². The summed E-state index contributed by atoms with van der Waals surface area (Å²) in [6, 6.07) is 14.2. The van der Waals surface area contributed by atoms with E-state index in [-0.39, 0.29) is 41.7 Å². The van der Waals surface area contributed by atoms with E-state index < -0.39 is 131 Å². The van der Waals surface area contributed by atoms with Gasteiger partial charge in [0.2, 0.25) is 6.10 Å². The molecule has 0 radical (unpaired) electrons. The van der Waals surface area contributed by atoms with Gasteiger partial charge < -0.3 is 53.8 Å². The van der Waals surface area contributed by atoms with Gasteiger partial charge in [-0.05, 0) is 69.9 Å². The third kappa shape index (κ3) is 9.58. The summed E-state index contributed by atoms with van der Waals surface area (Å²) in [5.41, 5.74) is -8.83. The van der Waals surface area contributed by atoms with E-state index in [0.717, 1.165) is 6.92 Å². The number of hydrogen-bond donors (Lipinski definition) is 4. The molecule has 1 saturated heterocycles. The molecule has 4 aliphatic rings. The zero-order valence-electron chi connectivity index (χ0n) is 39.2. The second kappa shape index (κ2) is 19.1. The van der Waals surface area contributed by atoms with E-state index in [0.29, 0.717) is 6.42 Å². The molecule has 2 aromatic rings. The van der Waals surface area contributed by atoms with Crippen molar-refractivity contribution in [3.05, 3.63) is 82.9 Å². The number of ether oxygens (including phenoxy) is 7. The molecule has 3 aliphatic carbocycles. The molecule has 0 unspecified atom stereocenters. The van der Waals surface area contributed by atoms with Crippen molar-refractivity contribution in [3.63, 3.8) is 0 Å². The van der Waals surface area contributed by atoms with Crippen molar-refractivity contribution < 1.29 is 82.0 Å². The Hall–Kier alpha value is -5.69. The number of aliphatic hydroxyl groups is 3. The van der Waals surface area contributed by atoms with Crippen molar-refractivity contribution in [1.29, 1.82) is 0 Å². The van der Waals surface area contributed by atoms with Crippen molar-refractivity contribution >= 4 is 41.7 Å². The highest BCUT2D eigenvalue weighted by Gasteiger charge is 2.78. The molecule has 0 spiro atoms. The van der Waals surface area contributed by atoms with Crippen LogP contribution >= 0.6 is 0 Å². The van der Waals surface area contributed by atoms with Crippen LogP contribution in [0.15, 0.2) is 71.8 Å². The number of amides is 1. The van der Waals surface area contributed by atoms with E-state index in [1.807, 2.05) is 0 Å². The van der Waals surface area contributed by atoms with Crippen LogP contribution in [-0.2, 0) is 57.1 Å². The van der Waals surface area contributed by atoms with Gasteiger partial charge in [0, 0.05) is 31.6 Å². The van der Waals surface area contributed by atoms with E-state index in [9.17, 15) is 44.1 Å². The predicted octanol–water partition coefficient (Wildman–Crippen LogP) is 4.15. The van der Waals surface area contributed by atoms with Crippen molar-refractivity contribution in [3.8, 4) is 0 Å². The molecule has 364 valence electrons. The monoisotopic (exact) mass is 935 g/mol. The number of rotatable bonds is 13. The Balaban J connectivity index is 1.51. The number of benzene rings is 2. The quantitative estimate of drug-likeness (QED) is 0.125. The second-order valence-electron chi connectivity index (χ2n) is 19.5. The molecule has 1 amide bonds. The lowest BCUT2D eigenvalue weighted by molar-refractivity contribution is -0.346. The first-order chi connectivity index (χ1) is 31.3. The van der Waals surface area contributed by atoms with E-state index in [1.54, 1.807) is 64.1 Å². The number of fused-ring (bicyclic) bond motifs is 5. The zero-order valence-corrected chi connectivity index (χ0v) is 39.2. The Labute approximate surface area is 388 Å². The van der Waals surface area contributed by atoms with Gasteiger partial charge >= 0.3 is 35.9 Å². The summed E-state index contributed by atoms with van der Waals surface area (Å²) in [5, 5.41) is 40.6. The molecule has 11 atom stereocenters. The fourth-order valence-electron chi connectivity index (χ4n) is 10.3. The van der Waals surface area contributed by atoms with Gasteiger partial charge in [0.25, 0.3) is 0 Å². The van der Waals surface area contributed by atoms with Gasteiger partial charge in [-0.25, -0.2) is 19.2 Å². The molecule has 1 heterocycles. The van der Waals surface area contributed by atoms with Gasteiger partial charge in [0.15, 0.2) is 18.0 Å². The van der Waals surface area contributed by atoms with Crippen molar-refractivity contribution in [2.24, 2.45) is 16.7 Å². The van der Waals surface area contributed by atoms with E-state index >= 15 is 4.79 Å². The minimum atomic E-state index is -2.46. The third-order valence-corrected chi connectivity index (χ3v) is 13.6. The van der Waals surface area contributed by atoms with E-state index in [4.69, 9.17) is 33.2 Å². The number of carbonyl (C=O) groups is 7. The van der Waals surface area contributed by atoms with Gasteiger partial charge in [-0.1, -0.05) is 69.3 Å². The second-order valence-corrected chi connectivity index (χ2v) is 19.5. The van der Waals surface area contributed by atoms with E-state index in [1.165, 1.54) is 52.0 Å². The van der Waals surface area contributed by atoms with Crippen LogP contribution in [0.3, 0.4) is 0 Å². The highest BCUT2D eigenvalue weighted by atomic mass is 16.6. The van der Waals surface area contributed by atoms with Crippen LogP contribution < -0.4 is 5.32 Å². The van der Waals surface area contributed by atoms with Crippen molar-refractivity contribution in [2.45, 2.75) is 147 Å². The van der Waals surface area contributed by atoms with Crippen molar-refractivity contribution in [2.75, 3.05) is 13.2 Å². The SMILES string of the molecule is CCCC(=O)OCC(=O)O[C@@H](C(=O)O[C@H]1C[C@@]2(O)[C@@H](OC(=O)c3ccccc3)[C@@H]3[C@]4(OC(C)=O)CO[C@@H]4C[C@H](O)[C@@]3(C)C(=O)[C@H](O)C(=C1C)C2(C)C)[C@@H](NC(=O)OC(C)(C)C)c1ccccc1.